The quantitative estimate of drug-likeness (QED) is 0.279. The zero-order chi connectivity index (χ0) is 19.9. The Morgan fingerprint density at radius 3 is 2.71 bits per heavy atom. The molecule has 0 radical (unpaired) electrons. The Bertz CT molecular complexity index is 1010. The number of methoxy groups -OCH3 is 1. The second kappa shape index (κ2) is 8.78. The van der Waals surface area contributed by atoms with E-state index < -0.39 is 4.92 Å². The molecule has 0 spiro atoms. The van der Waals surface area contributed by atoms with Crippen molar-refractivity contribution in [3.05, 3.63) is 76.5 Å². The van der Waals surface area contributed by atoms with Crippen molar-refractivity contribution in [2.75, 3.05) is 12.4 Å². The molecule has 0 saturated heterocycles. The summed E-state index contributed by atoms with van der Waals surface area (Å²) >= 11 is 5.17. The van der Waals surface area contributed by atoms with E-state index in [0.29, 0.717) is 22.2 Å². The molecule has 1 heterocycles. The number of anilines is 1. The Morgan fingerprint density at radius 2 is 2.00 bits per heavy atom. The number of hydrogen-bond donors (Lipinski definition) is 2. The number of thiocarbonyl (C=S) groups is 1. The standard InChI is InChI=1S/C19H16N4O4S/c1-26-16-7-5-14(6-8-16)21-19(28)22-20-12-17-9-10-18(27-17)13-3-2-4-15(11-13)23(24)25/h2-12H,1H3,(H2,21,22,28)/b20-12-. The van der Waals surface area contributed by atoms with Gasteiger partial charge in [-0.2, -0.15) is 5.10 Å². The average molecular weight is 396 g/mol. The first-order chi connectivity index (χ1) is 13.5. The van der Waals surface area contributed by atoms with E-state index in [1.165, 1.54) is 18.3 Å². The summed E-state index contributed by atoms with van der Waals surface area (Å²) in [7, 11) is 1.60. The maximum absolute atomic E-state index is 10.9. The first-order valence-corrected chi connectivity index (χ1v) is 8.55. The second-order valence-corrected chi connectivity index (χ2v) is 5.97. The number of hydrogen-bond acceptors (Lipinski definition) is 6. The van der Waals surface area contributed by atoms with Gasteiger partial charge in [-0.05, 0) is 48.6 Å². The van der Waals surface area contributed by atoms with Gasteiger partial charge in [0.2, 0.25) is 0 Å². The molecule has 0 fully saturated rings. The number of non-ortho nitro benzene ring substituents is 1. The largest absolute Gasteiger partial charge is 0.497 e. The van der Waals surface area contributed by atoms with Gasteiger partial charge in [-0.3, -0.25) is 15.5 Å². The van der Waals surface area contributed by atoms with Crippen LogP contribution in [0.25, 0.3) is 11.3 Å². The first kappa shape index (κ1) is 19.1. The lowest BCUT2D eigenvalue weighted by molar-refractivity contribution is -0.384. The van der Waals surface area contributed by atoms with Crippen molar-refractivity contribution in [2.45, 2.75) is 0 Å². The highest BCUT2D eigenvalue weighted by molar-refractivity contribution is 7.80. The summed E-state index contributed by atoms with van der Waals surface area (Å²) in [6.07, 6.45) is 1.46. The fraction of sp³-hybridized carbons (Fsp3) is 0.0526. The van der Waals surface area contributed by atoms with Gasteiger partial charge < -0.3 is 14.5 Å². The summed E-state index contributed by atoms with van der Waals surface area (Å²) in [5, 5.41) is 18.2. The summed E-state index contributed by atoms with van der Waals surface area (Å²) in [5.41, 5.74) is 4.09. The Kier molecular flexibility index (Phi) is 5.97. The van der Waals surface area contributed by atoms with Crippen LogP contribution in [0.2, 0.25) is 0 Å². The normalized spacial score (nSPS) is 10.6. The number of nitro groups is 1. The number of rotatable bonds is 6. The molecule has 0 bridgehead atoms. The van der Waals surface area contributed by atoms with Gasteiger partial charge >= 0.3 is 0 Å². The minimum absolute atomic E-state index is 0.000684. The molecule has 3 aromatic rings. The maximum atomic E-state index is 10.9. The molecular formula is C19H16N4O4S. The molecule has 0 aliphatic heterocycles. The monoisotopic (exact) mass is 396 g/mol. The molecule has 8 nitrogen and oxygen atoms in total. The van der Waals surface area contributed by atoms with Gasteiger partial charge in [0.05, 0.1) is 18.2 Å². The van der Waals surface area contributed by atoms with Crippen LogP contribution in [0.1, 0.15) is 5.76 Å². The van der Waals surface area contributed by atoms with Crippen LogP contribution in [0.3, 0.4) is 0 Å². The highest BCUT2D eigenvalue weighted by Gasteiger charge is 2.09. The minimum Gasteiger partial charge on any atom is -0.497 e. The third kappa shape index (κ3) is 4.92. The van der Waals surface area contributed by atoms with E-state index >= 15 is 0 Å². The Balaban J connectivity index is 1.58. The van der Waals surface area contributed by atoms with Gasteiger partial charge in [0.25, 0.3) is 5.69 Å². The maximum Gasteiger partial charge on any atom is 0.270 e. The molecule has 1 aromatic heterocycles. The van der Waals surface area contributed by atoms with Crippen molar-refractivity contribution >= 4 is 34.9 Å². The van der Waals surface area contributed by atoms with E-state index in [2.05, 4.69) is 15.8 Å². The van der Waals surface area contributed by atoms with E-state index in [1.807, 2.05) is 24.3 Å². The lowest BCUT2D eigenvalue weighted by Gasteiger charge is -2.07. The van der Waals surface area contributed by atoms with Crippen LogP contribution >= 0.6 is 12.2 Å². The van der Waals surface area contributed by atoms with Crippen molar-refractivity contribution in [2.24, 2.45) is 5.10 Å². The molecule has 142 valence electrons. The molecule has 0 aliphatic carbocycles. The van der Waals surface area contributed by atoms with Crippen molar-refractivity contribution in [3.63, 3.8) is 0 Å². The smallest absolute Gasteiger partial charge is 0.270 e. The number of nitrogens with zero attached hydrogens (tertiary/aromatic N) is 2. The van der Waals surface area contributed by atoms with Crippen molar-refractivity contribution in [1.29, 1.82) is 0 Å². The van der Waals surface area contributed by atoms with Crippen LogP contribution in [0.15, 0.2) is 70.2 Å². The van der Waals surface area contributed by atoms with Crippen LogP contribution in [0.5, 0.6) is 5.75 Å². The minimum atomic E-state index is -0.449. The third-order valence-corrected chi connectivity index (χ3v) is 3.87. The van der Waals surface area contributed by atoms with Gasteiger partial charge in [0, 0.05) is 23.4 Å². The number of nitro benzene ring substituents is 1. The van der Waals surface area contributed by atoms with Gasteiger partial charge in [-0.1, -0.05) is 12.1 Å². The Hall–Kier alpha value is -3.72. The van der Waals surface area contributed by atoms with Gasteiger partial charge in [0.15, 0.2) is 5.11 Å². The highest BCUT2D eigenvalue weighted by atomic mass is 32.1. The number of nitrogens with one attached hydrogen (secondary N) is 2. The zero-order valence-corrected chi connectivity index (χ0v) is 15.6. The van der Waals surface area contributed by atoms with Crippen LogP contribution in [-0.2, 0) is 0 Å². The summed E-state index contributed by atoms with van der Waals surface area (Å²) in [6, 6.07) is 16.9. The van der Waals surface area contributed by atoms with Crippen LogP contribution in [0, 0.1) is 10.1 Å². The van der Waals surface area contributed by atoms with Crippen molar-refractivity contribution in [3.8, 4) is 17.1 Å². The molecule has 0 atom stereocenters. The number of furan rings is 1. The summed E-state index contributed by atoms with van der Waals surface area (Å²) < 4.78 is 10.7. The van der Waals surface area contributed by atoms with Crippen molar-refractivity contribution in [1.82, 2.24) is 5.43 Å². The third-order valence-electron chi connectivity index (χ3n) is 3.67. The fourth-order valence-electron chi connectivity index (χ4n) is 2.34. The van der Waals surface area contributed by atoms with E-state index in [1.54, 1.807) is 31.4 Å². The molecule has 28 heavy (non-hydrogen) atoms. The van der Waals surface area contributed by atoms with Crippen LogP contribution < -0.4 is 15.5 Å². The molecule has 0 saturated carbocycles. The summed E-state index contributed by atoms with van der Waals surface area (Å²) in [6.45, 7) is 0. The van der Waals surface area contributed by atoms with E-state index in [0.717, 1.165) is 11.4 Å². The van der Waals surface area contributed by atoms with Gasteiger partial charge in [-0.25, -0.2) is 0 Å². The van der Waals surface area contributed by atoms with Gasteiger partial charge in [-0.15, -0.1) is 0 Å². The van der Waals surface area contributed by atoms with Gasteiger partial charge in [0.1, 0.15) is 17.3 Å². The molecule has 3 rings (SSSR count). The molecule has 2 aromatic carbocycles. The van der Waals surface area contributed by atoms with E-state index in [4.69, 9.17) is 21.4 Å². The van der Waals surface area contributed by atoms with Crippen molar-refractivity contribution < 1.29 is 14.1 Å². The number of benzene rings is 2. The summed E-state index contributed by atoms with van der Waals surface area (Å²) in [4.78, 5) is 10.4. The topological polar surface area (TPSA) is 102 Å². The molecular weight excluding hydrogens is 380 g/mol. The molecule has 2 N–H and O–H groups in total. The SMILES string of the molecule is COc1ccc(NC(=S)N/N=C\c2ccc(-c3cccc([N+](=O)[O-])c3)o2)cc1. The predicted octanol–water partition coefficient (Wildman–Crippen LogP) is 4.18. The van der Waals surface area contributed by atoms with E-state index in [-0.39, 0.29) is 5.69 Å². The molecule has 0 amide bonds. The lowest BCUT2D eigenvalue weighted by Crippen LogP contribution is -2.23. The average Bonchev–Trinajstić information content (AvgIpc) is 3.17. The zero-order valence-electron chi connectivity index (χ0n) is 14.8. The molecule has 9 heteroatoms. The van der Waals surface area contributed by atoms with Crippen LogP contribution in [0.4, 0.5) is 11.4 Å². The summed E-state index contributed by atoms with van der Waals surface area (Å²) in [5.74, 6) is 1.73. The van der Waals surface area contributed by atoms with Crippen LogP contribution in [-0.4, -0.2) is 23.4 Å². The highest BCUT2D eigenvalue weighted by Crippen LogP contribution is 2.25. The predicted molar refractivity (Wildman–Crippen MR) is 111 cm³/mol. The molecule has 0 unspecified atom stereocenters. The first-order valence-electron chi connectivity index (χ1n) is 8.14. The Morgan fingerprint density at radius 1 is 1.21 bits per heavy atom. The lowest BCUT2D eigenvalue weighted by atomic mass is 10.1. The number of hydrazone groups is 1. The molecule has 0 aliphatic rings. The fourth-order valence-corrected chi connectivity index (χ4v) is 2.51. The number of ether oxygens (including phenoxy) is 1. The second-order valence-electron chi connectivity index (χ2n) is 5.56. The van der Waals surface area contributed by atoms with E-state index in [9.17, 15) is 10.1 Å². The Labute approximate surface area is 166 Å².